The van der Waals surface area contributed by atoms with E-state index in [-0.39, 0.29) is 0 Å². The molecule has 0 aliphatic carbocycles. The summed E-state index contributed by atoms with van der Waals surface area (Å²) < 4.78 is 41.4. The third-order valence-electron chi connectivity index (χ3n) is 2.32. The zero-order valence-corrected chi connectivity index (χ0v) is 8.81. The standard InChI is InChI=1S/C11H6F3N3O/c12-9-4-7(5-10(18)8(9)6-15)11(13,14)17-3-1-2-16-17/h1-5,18H. The van der Waals surface area contributed by atoms with Gasteiger partial charge in [0.15, 0.2) is 0 Å². The van der Waals surface area contributed by atoms with E-state index in [0.29, 0.717) is 16.8 Å². The van der Waals surface area contributed by atoms with Crippen LogP contribution >= 0.6 is 0 Å². The largest absolute Gasteiger partial charge is 0.506 e. The number of nitriles is 1. The Kier molecular flexibility index (Phi) is 2.71. The van der Waals surface area contributed by atoms with Gasteiger partial charge >= 0.3 is 6.05 Å². The maximum Gasteiger partial charge on any atom is 0.370 e. The number of phenols is 1. The van der Waals surface area contributed by atoms with Crippen molar-refractivity contribution in [3.05, 3.63) is 47.5 Å². The van der Waals surface area contributed by atoms with E-state index in [1.807, 2.05) is 0 Å². The summed E-state index contributed by atoms with van der Waals surface area (Å²) in [7, 11) is 0. The molecule has 4 nitrogen and oxygen atoms in total. The summed E-state index contributed by atoms with van der Waals surface area (Å²) in [5.41, 5.74) is -1.46. The molecule has 0 saturated heterocycles. The van der Waals surface area contributed by atoms with Crippen molar-refractivity contribution < 1.29 is 18.3 Å². The molecule has 0 aliphatic rings. The number of hydrogen-bond acceptors (Lipinski definition) is 3. The number of halogens is 3. The molecule has 7 heteroatoms. The number of aromatic nitrogens is 2. The van der Waals surface area contributed by atoms with Crippen LogP contribution < -0.4 is 0 Å². The molecular weight excluding hydrogens is 247 g/mol. The highest BCUT2D eigenvalue weighted by Crippen LogP contribution is 2.33. The molecule has 0 fully saturated rings. The Hall–Kier alpha value is -2.49. The minimum atomic E-state index is -3.62. The Morgan fingerprint density at radius 3 is 2.61 bits per heavy atom. The van der Waals surface area contributed by atoms with Crippen LogP contribution in [0.5, 0.6) is 5.75 Å². The van der Waals surface area contributed by atoms with E-state index in [9.17, 15) is 18.3 Å². The fraction of sp³-hybridized carbons (Fsp3) is 0.0909. The van der Waals surface area contributed by atoms with Crippen LogP contribution in [0.15, 0.2) is 30.6 Å². The maximum atomic E-state index is 13.9. The molecule has 1 aromatic heterocycles. The van der Waals surface area contributed by atoms with Crippen LogP contribution in [0.1, 0.15) is 11.1 Å². The summed E-state index contributed by atoms with van der Waals surface area (Å²) in [6.45, 7) is 0. The maximum absolute atomic E-state index is 13.9. The van der Waals surface area contributed by atoms with Crippen molar-refractivity contribution in [2.24, 2.45) is 0 Å². The second kappa shape index (κ2) is 4.07. The predicted octanol–water partition coefficient (Wildman–Crippen LogP) is 2.20. The minimum absolute atomic E-state index is 0.327. The molecule has 0 saturated carbocycles. The molecule has 1 aromatic carbocycles. The van der Waals surface area contributed by atoms with Crippen LogP contribution in [0.2, 0.25) is 0 Å². The lowest BCUT2D eigenvalue weighted by Gasteiger charge is -2.17. The van der Waals surface area contributed by atoms with Gasteiger partial charge in [-0.15, -0.1) is 0 Å². The molecular formula is C11H6F3N3O. The zero-order chi connectivity index (χ0) is 13.3. The van der Waals surface area contributed by atoms with E-state index < -0.39 is 28.7 Å². The molecule has 0 amide bonds. The van der Waals surface area contributed by atoms with Crippen LogP contribution in [0.4, 0.5) is 13.2 Å². The normalized spacial score (nSPS) is 11.2. The molecule has 18 heavy (non-hydrogen) atoms. The lowest BCUT2D eigenvalue weighted by molar-refractivity contribution is -0.0486. The molecule has 92 valence electrons. The van der Waals surface area contributed by atoms with Gasteiger partial charge in [0.05, 0.1) is 5.56 Å². The van der Waals surface area contributed by atoms with Gasteiger partial charge < -0.3 is 5.11 Å². The summed E-state index contributed by atoms with van der Waals surface area (Å²) in [6.07, 6.45) is 2.15. The summed E-state index contributed by atoms with van der Waals surface area (Å²) in [6, 6.07) is 0.197. The van der Waals surface area contributed by atoms with Crippen molar-refractivity contribution in [3.63, 3.8) is 0 Å². The van der Waals surface area contributed by atoms with Crippen LogP contribution in [0.3, 0.4) is 0 Å². The first-order valence-electron chi connectivity index (χ1n) is 4.78. The van der Waals surface area contributed by atoms with Crippen LogP contribution in [-0.2, 0) is 6.05 Å². The average molecular weight is 253 g/mol. The predicted molar refractivity (Wildman–Crippen MR) is 54.3 cm³/mol. The fourth-order valence-corrected chi connectivity index (χ4v) is 1.44. The first kappa shape index (κ1) is 12.0. The summed E-state index contributed by atoms with van der Waals surface area (Å²) in [5.74, 6) is -2.04. The number of phenolic OH excluding ortho intramolecular Hbond substituents is 1. The number of rotatable bonds is 2. The first-order chi connectivity index (χ1) is 8.46. The van der Waals surface area contributed by atoms with Gasteiger partial charge in [-0.3, -0.25) is 0 Å². The van der Waals surface area contributed by atoms with Gasteiger partial charge in [-0.25, -0.2) is 9.07 Å². The Balaban J connectivity index is 2.57. The van der Waals surface area contributed by atoms with Crippen LogP contribution in [0.25, 0.3) is 0 Å². The Morgan fingerprint density at radius 1 is 1.39 bits per heavy atom. The van der Waals surface area contributed by atoms with Crippen molar-refractivity contribution in [3.8, 4) is 11.8 Å². The molecule has 1 heterocycles. The fourth-order valence-electron chi connectivity index (χ4n) is 1.44. The Bertz CT molecular complexity index is 594. The van der Waals surface area contributed by atoms with E-state index >= 15 is 0 Å². The molecule has 0 atom stereocenters. The third kappa shape index (κ3) is 1.78. The molecule has 0 unspecified atom stereocenters. The lowest BCUT2D eigenvalue weighted by atomic mass is 10.1. The highest BCUT2D eigenvalue weighted by atomic mass is 19.3. The average Bonchev–Trinajstić information content (AvgIpc) is 2.82. The highest BCUT2D eigenvalue weighted by Gasteiger charge is 2.36. The molecule has 0 bridgehead atoms. The van der Waals surface area contributed by atoms with Crippen molar-refractivity contribution in [2.45, 2.75) is 6.05 Å². The topological polar surface area (TPSA) is 61.8 Å². The molecule has 1 N–H and O–H groups in total. The number of hydrogen-bond donors (Lipinski definition) is 1. The molecule has 0 radical (unpaired) electrons. The van der Waals surface area contributed by atoms with Gasteiger partial charge in [0.25, 0.3) is 0 Å². The van der Waals surface area contributed by atoms with Gasteiger partial charge in [-0.05, 0) is 18.2 Å². The second-order valence-corrected chi connectivity index (χ2v) is 3.46. The van der Waals surface area contributed by atoms with E-state index in [4.69, 9.17) is 5.26 Å². The molecule has 0 aliphatic heterocycles. The van der Waals surface area contributed by atoms with Gasteiger partial charge in [0.2, 0.25) is 0 Å². The van der Waals surface area contributed by atoms with Crippen molar-refractivity contribution >= 4 is 0 Å². The van der Waals surface area contributed by atoms with E-state index in [2.05, 4.69) is 5.10 Å². The van der Waals surface area contributed by atoms with Crippen LogP contribution in [-0.4, -0.2) is 14.9 Å². The van der Waals surface area contributed by atoms with Crippen LogP contribution in [0, 0.1) is 17.1 Å². The monoisotopic (exact) mass is 253 g/mol. The first-order valence-corrected chi connectivity index (χ1v) is 4.78. The zero-order valence-electron chi connectivity index (χ0n) is 8.81. The number of nitrogens with zero attached hydrogens (tertiary/aromatic N) is 3. The van der Waals surface area contributed by atoms with Gasteiger partial charge in [-0.1, -0.05) is 0 Å². The summed E-state index contributed by atoms with van der Waals surface area (Å²) in [5, 5.41) is 21.2. The third-order valence-corrected chi connectivity index (χ3v) is 2.32. The van der Waals surface area contributed by atoms with E-state index in [1.54, 1.807) is 0 Å². The minimum Gasteiger partial charge on any atom is -0.506 e. The SMILES string of the molecule is N#Cc1c(O)cc(C(F)(F)n2cccn2)cc1F. The Labute approximate surface area is 99.5 Å². The number of alkyl halides is 2. The van der Waals surface area contributed by atoms with Gasteiger partial charge in [0.1, 0.15) is 23.2 Å². The number of benzene rings is 1. The summed E-state index contributed by atoms with van der Waals surface area (Å²) >= 11 is 0. The summed E-state index contributed by atoms with van der Waals surface area (Å²) in [4.78, 5) is 0. The van der Waals surface area contributed by atoms with E-state index in [1.165, 1.54) is 12.1 Å². The molecule has 2 aromatic rings. The van der Waals surface area contributed by atoms with E-state index in [0.717, 1.165) is 12.4 Å². The lowest BCUT2D eigenvalue weighted by Crippen LogP contribution is -2.25. The highest BCUT2D eigenvalue weighted by molar-refractivity contribution is 5.46. The number of aromatic hydroxyl groups is 1. The van der Waals surface area contributed by atoms with Crippen molar-refractivity contribution in [1.29, 1.82) is 5.26 Å². The molecule has 0 spiro atoms. The molecule has 2 rings (SSSR count). The smallest absolute Gasteiger partial charge is 0.370 e. The van der Waals surface area contributed by atoms with Gasteiger partial charge in [-0.2, -0.15) is 19.1 Å². The second-order valence-electron chi connectivity index (χ2n) is 3.46. The van der Waals surface area contributed by atoms with Crippen molar-refractivity contribution in [2.75, 3.05) is 0 Å². The quantitative estimate of drug-likeness (QED) is 0.892. The van der Waals surface area contributed by atoms with Gasteiger partial charge in [0, 0.05) is 12.4 Å². The van der Waals surface area contributed by atoms with Crippen molar-refractivity contribution in [1.82, 2.24) is 9.78 Å². The Morgan fingerprint density at radius 2 is 2.11 bits per heavy atom.